The molecule has 2 aromatic carbocycles. The molecule has 2 amide bonds. The normalized spacial score (nSPS) is 12.3. The summed E-state index contributed by atoms with van der Waals surface area (Å²) in [6.07, 6.45) is 2.52. The molecule has 0 saturated heterocycles. The predicted octanol–water partition coefficient (Wildman–Crippen LogP) is 5.56. The standard InChI is InChI=1S/C28H40N2O2/c1-7-18-29-27(32)25(8-2)30(20-23-11-9-10-21(3)19-23)26(31)17-14-22-12-15-24(16-13-22)28(4,5)6/h9-13,15-16,19,25H,7-8,14,17-18,20H2,1-6H3,(H,29,32). The Hall–Kier alpha value is -2.62. The van der Waals surface area contributed by atoms with Crippen LogP contribution in [0.5, 0.6) is 0 Å². The van der Waals surface area contributed by atoms with Crippen LogP contribution in [0, 0.1) is 6.92 Å². The van der Waals surface area contributed by atoms with Gasteiger partial charge in [-0.2, -0.15) is 0 Å². The smallest absolute Gasteiger partial charge is 0.242 e. The molecule has 0 fully saturated rings. The predicted molar refractivity (Wildman–Crippen MR) is 133 cm³/mol. The number of carbonyl (C=O) groups excluding carboxylic acids is 2. The molecule has 32 heavy (non-hydrogen) atoms. The molecule has 1 N–H and O–H groups in total. The summed E-state index contributed by atoms with van der Waals surface area (Å²) in [5.74, 6) is -0.0465. The lowest BCUT2D eigenvalue weighted by Crippen LogP contribution is -2.49. The summed E-state index contributed by atoms with van der Waals surface area (Å²) in [5.41, 5.74) is 4.74. The first-order chi connectivity index (χ1) is 15.2. The average Bonchev–Trinajstić information content (AvgIpc) is 2.75. The van der Waals surface area contributed by atoms with Gasteiger partial charge in [-0.3, -0.25) is 9.59 Å². The highest BCUT2D eigenvalue weighted by molar-refractivity contribution is 5.87. The zero-order chi connectivity index (χ0) is 23.7. The van der Waals surface area contributed by atoms with Crippen LogP contribution in [0.2, 0.25) is 0 Å². The van der Waals surface area contributed by atoms with Crippen molar-refractivity contribution in [1.29, 1.82) is 0 Å². The Morgan fingerprint density at radius 3 is 2.25 bits per heavy atom. The highest BCUT2D eigenvalue weighted by atomic mass is 16.2. The Morgan fingerprint density at radius 1 is 1.00 bits per heavy atom. The maximum absolute atomic E-state index is 13.4. The van der Waals surface area contributed by atoms with Crippen LogP contribution in [-0.4, -0.2) is 29.3 Å². The Kier molecular flexibility index (Phi) is 9.49. The van der Waals surface area contributed by atoms with Crippen molar-refractivity contribution < 1.29 is 9.59 Å². The molecule has 0 aliphatic rings. The molecular formula is C28H40N2O2. The van der Waals surface area contributed by atoms with E-state index in [1.165, 1.54) is 5.56 Å². The molecule has 0 aliphatic carbocycles. The number of benzene rings is 2. The summed E-state index contributed by atoms with van der Waals surface area (Å²) in [5, 5.41) is 2.98. The molecule has 0 aromatic heterocycles. The topological polar surface area (TPSA) is 49.4 Å². The minimum Gasteiger partial charge on any atom is -0.354 e. The third-order valence-corrected chi connectivity index (χ3v) is 5.82. The zero-order valence-corrected chi connectivity index (χ0v) is 20.7. The lowest BCUT2D eigenvalue weighted by molar-refractivity contribution is -0.141. The van der Waals surface area contributed by atoms with Crippen LogP contribution >= 0.6 is 0 Å². The Bertz CT molecular complexity index is 881. The average molecular weight is 437 g/mol. The number of amides is 2. The van der Waals surface area contributed by atoms with Crippen LogP contribution in [0.4, 0.5) is 0 Å². The van der Waals surface area contributed by atoms with Crippen LogP contribution in [0.25, 0.3) is 0 Å². The van der Waals surface area contributed by atoms with Crippen molar-refractivity contribution in [3.8, 4) is 0 Å². The van der Waals surface area contributed by atoms with Gasteiger partial charge in [-0.05, 0) is 48.3 Å². The van der Waals surface area contributed by atoms with Gasteiger partial charge in [-0.25, -0.2) is 0 Å². The molecule has 4 heteroatoms. The number of nitrogens with one attached hydrogen (secondary N) is 1. The first kappa shape index (κ1) is 25.6. The molecule has 0 heterocycles. The van der Waals surface area contributed by atoms with Crippen LogP contribution in [-0.2, 0) is 28.0 Å². The lowest BCUT2D eigenvalue weighted by Gasteiger charge is -2.31. The van der Waals surface area contributed by atoms with E-state index in [-0.39, 0.29) is 17.2 Å². The maximum atomic E-state index is 13.4. The SMILES string of the molecule is CCCNC(=O)C(CC)N(Cc1cccc(C)c1)C(=O)CCc1ccc(C(C)(C)C)cc1. The van der Waals surface area contributed by atoms with Crippen molar-refractivity contribution in [3.63, 3.8) is 0 Å². The summed E-state index contributed by atoms with van der Waals surface area (Å²) in [4.78, 5) is 28.0. The van der Waals surface area contributed by atoms with Gasteiger partial charge in [0.25, 0.3) is 0 Å². The molecule has 4 nitrogen and oxygen atoms in total. The van der Waals surface area contributed by atoms with E-state index < -0.39 is 6.04 Å². The second kappa shape index (κ2) is 11.8. The summed E-state index contributed by atoms with van der Waals surface area (Å²) in [6.45, 7) is 13.7. The van der Waals surface area contributed by atoms with Crippen LogP contribution in [0.1, 0.15) is 76.1 Å². The number of hydrogen-bond acceptors (Lipinski definition) is 2. The number of rotatable bonds is 10. The van der Waals surface area contributed by atoms with E-state index in [4.69, 9.17) is 0 Å². The first-order valence-corrected chi connectivity index (χ1v) is 11.9. The molecular weight excluding hydrogens is 396 g/mol. The minimum atomic E-state index is -0.460. The van der Waals surface area contributed by atoms with E-state index in [9.17, 15) is 9.59 Å². The van der Waals surface area contributed by atoms with Crippen molar-refractivity contribution in [2.24, 2.45) is 0 Å². The quantitative estimate of drug-likeness (QED) is 0.530. The van der Waals surface area contributed by atoms with Gasteiger partial charge in [-0.15, -0.1) is 0 Å². The number of nitrogens with zero attached hydrogens (tertiary/aromatic N) is 1. The van der Waals surface area contributed by atoms with Gasteiger partial charge in [0.2, 0.25) is 11.8 Å². The van der Waals surface area contributed by atoms with Crippen LogP contribution < -0.4 is 5.32 Å². The fourth-order valence-electron chi connectivity index (χ4n) is 3.86. The van der Waals surface area contributed by atoms with E-state index in [1.807, 2.05) is 39.0 Å². The zero-order valence-electron chi connectivity index (χ0n) is 20.7. The van der Waals surface area contributed by atoms with Crippen molar-refractivity contribution in [2.45, 2.75) is 85.2 Å². The van der Waals surface area contributed by atoms with Crippen LogP contribution in [0.15, 0.2) is 48.5 Å². The number of hydrogen-bond donors (Lipinski definition) is 1. The second-order valence-corrected chi connectivity index (χ2v) is 9.67. The molecule has 2 aromatic rings. The van der Waals surface area contributed by atoms with E-state index in [0.717, 1.165) is 23.1 Å². The summed E-state index contributed by atoms with van der Waals surface area (Å²) < 4.78 is 0. The highest BCUT2D eigenvalue weighted by Crippen LogP contribution is 2.23. The van der Waals surface area contributed by atoms with Gasteiger partial charge in [-0.1, -0.05) is 88.7 Å². The molecule has 1 atom stereocenters. The number of aryl methyl sites for hydroxylation is 2. The summed E-state index contributed by atoms with van der Waals surface area (Å²) in [6, 6.07) is 16.2. The van der Waals surface area contributed by atoms with Gasteiger partial charge in [0, 0.05) is 19.5 Å². The minimum absolute atomic E-state index is 0.0184. The fourth-order valence-corrected chi connectivity index (χ4v) is 3.86. The Labute approximate surface area is 194 Å². The third-order valence-electron chi connectivity index (χ3n) is 5.82. The van der Waals surface area contributed by atoms with Crippen LogP contribution in [0.3, 0.4) is 0 Å². The maximum Gasteiger partial charge on any atom is 0.242 e. The van der Waals surface area contributed by atoms with Crippen molar-refractivity contribution in [3.05, 3.63) is 70.8 Å². The second-order valence-electron chi connectivity index (χ2n) is 9.67. The van der Waals surface area contributed by atoms with Gasteiger partial charge in [0.15, 0.2) is 0 Å². The molecule has 2 rings (SSSR count). The lowest BCUT2D eigenvalue weighted by atomic mass is 9.86. The largest absolute Gasteiger partial charge is 0.354 e. The third kappa shape index (κ3) is 7.51. The highest BCUT2D eigenvalue weighted by Gasteiger charge is 2.28. The summed E-state index contributed by atoms with van der Waals surface area (Å²) >= 11 is 0. The van der Waals surface area contributed by atoms with E-state index >= 15 is 0 Å². The monoisotopic (exact) mass is 436 g/mol. The fraction of sp³-hybridized carbons (Fsp3) is 0.500. The van der Waals surface area contributed by atoms with Gasteiger partial charge < -0.3 is 10.2 Å². The number of carbonyl (C=O) groups is 2. The van der Waals surface area contributed by atoms with Crippen molar-refractivity contribution in [2.75, 3.05) is 6.54 Å². The molecule has 0 saturated carbocycles. The summed E-state index contributed by atoms with van der Waals surface area (Å²) in [7, 11) is 0. The van der Waals surface area contributed by atoms with E-state index in [0.29, 0.717) is 32.4 Å². The molecule has 1 unspecified atom stereocenters. The van der Waals surface area contributed by atoms with E-state index in [2.05, 4.69) is 56.4 Å². The van der Waals surface area contributed by atoms with Gasteiger partial charge in [0.1, 0.15) is 6.04 Å². The Morgan fingerprint density at radius 2 is 1.69 bits per heavy atom. The first-order valence-electron chi connectivity index (χ1n) is 11.9. The molecule has 0 aliphatic heterocycles. The Balaban J connectivity index is 2.17. The van der Waals surface area contributed by atoms with Crippen molar-refractivity contribution >= 4 is 11.8 Å². The molecule has 0 radical (unpaired) electrons. The van der Waals surface area contributed by atoms with E-state index in [1.54, 1.807) is 4.90 Å². The molecule has 0 spiro atoms. The van der Waals surface area contributed by atoms with Gasteiger partial charge >= 0.3 is 0 Å². The van der Waals surface area contributed by atoms with Crippen molar-refractivity contribution in [1.82, 2.24) is 10.2 Å². The molecule has 0 bridgehead atoms. The molecule has 174 valence electrons. The van der Waals surface area contributed by atoms with Gasteiger partial charge in [0.05, 0.1) is 0 Å².